The third-order valence-electron chi connectivity index (χ3n) is 4.61. The van der Waals surface area contributed by atoms with E-state index < -0.39 is 4.92 Å². The van der Waals surface area contributed by atoms with Gasteiger partial charge in [0.05, 0.1) is 4.92 Å². The van der Waals surface area contributed by atoms with Crippen LogP contribution in [0.4, 0.5) is 22.0 Å². The Morgan fingerprint density at radius 2 is 2.11 bits per heavy atom. The number of piperidine rings is 1. The first kappa shape index (κ1) is 18.6. The second kappa shape index (κ2) is 8.48. The highest BCUT2D eigenvalue weighted by Crippen LogP contribution is 2.31. The summed E-state index contributed by atoms with van der Waals surface area (Å²) in [5, 5.41) is 17.1. The predicted octanol–water partition coefficient (Wildman–Crippen LogP) is 3.48. The summed E-state index contributed by atoms with van der Waals surface area (Å²) >= 11 is 0. The van der Waals surface area contributed by atoms with E-state index >= 15 is 0 Å². The minimum atomic E-state index is -0.392. The van der Waals surface area contributed by atoms with Crippen LogP contribution >= 0.6 is 0 Å². The Kier molecular flexibility index (Phi) is 5.85. The van der Waals surface area contributed by atoms with Crippen LogP contribution in [0.3, 0.4) is 0 Å². The smallest absolute Gasteiger partial charge is 0.319 e. The summed E-state index contributed by atoms with van der Waals surface area (Å²) in [5.41, 5.74) is 1.47. The largest absolute Gasteiger partial charge is 0.346 e. The van der Waals surface area contributed by atoms with Gasteiger partial charge in [-0.2, -0.15) is 0 Å². The van der Waals surface area contributed by atoms with Crippen LogP contribution in [0.25, 0.3) is 0 Å². The average molecular weight is 369 g/mol. The zero-order valence-electron chi connectivity index (χ0n) is 15.2. The Labute approximate surface area is 157 Å². The van der Waals surface area contributed by atoms with E-state index in [9.17, 15) is 14.9 Å². The minimum absolute atomic E-state index is 0.00985. The van der Waals surface area contributed by atoms with Crippen LogP contribution in [0.2, 0.25) is 0 Å². The summed E-state index contributed by atoms with van der Waals surface area (Å²) in [6, 6.07) is 10.4. The van der Waals surface area contributed by atoms with E-state index in [1.807, 2.05) is 35.2 Å². The number of hydrogen-bond donors (Lipinski definition) is 2. The molecule has 1 fully saturated rings. The number of hydrogen-bond acceptors (Lipinski definition) is 5. The molecular formula is C19H23N5O3. The first-order valence-electron chi connectivity index (χ1n) is 9.02. The van der Waals surface area contributed by atoms with Crippen LogP contribution in [0.15, 0.2) is 42.6 Å². The number of aromatic nitrogens is 1. The lowest BCUT2D eigenvalue weighted by Crippen LogP contribution is -2.48. The van der Waals surface area contributed by atoms with E-state index in [1.165, 1.54) is 0 Å². The van der Waals surface area contributed by atoms with Gasteiger partial charge in [-0.05, 0) is 43.9 Å². The Bertz CT molecular complexity index is 812. The fourth-order valence-electron chi connectivity index (χ4n) is 3.30. The summed E-state index contributed by atoms with van der Waals surface area (Å²) in [4.78, 5) is 29.5. The van der Waals surface area contributed by atoms with Crippen molar-refractivity contribution in [2.45, 2.75) is 32.2 Å². The number of carbonyl (C=O) groups is 1. The van der Waals surface area contributed by atoms with Crippen molar-refractivity contribution in [2.75, 3.05) is 23.3 Å². The fourth-order valence-corrected chi connectivity index (χ4v) is 3.30. The highest BCUT2D eigenvalue weighted by molar-refractivity contribution is 5.89. The minimum Gasteiger partial charge on any atom is -0.346 e. The predicted molar refractivity (Wildman–Crippen MR) is 104 cm³/mol. The maximum atomic E-state index is 12.2. The lowest BCUT2D eigenvalue weighted by molar-refractivity contribution is -0.384. The monoisotopic (exact) mass is 369 g/mol. The number of aryl methyl sites for hydroxylation is 1. The first-order chi connectivity index (χ1) is 13.0. The number of nitro groups is 1. The van der Waals surface area contributed by atoms with E-state index in [-0.39, 0.29) is 17.8 Å². The van der Waals surface area contributed by atoms with E-state index in [4.69, 9.17) is 0 Å². The van der Waals surface area contributed by atoms with Crippen LogP contribution in [-0.2, 0) is 0 Å². The molecule has 1 aliphatic heterocycles. The molecule has 2 aromatic rings. The van der Waals surface area contributed by atoms with Gasteiger partial charge in [0.2, 0.25) is 5.82 Å². The Hall–Kier alpha value is -3.16. The molecule has 1 atom stereocenters. The standard InChI is InChI=1S/C19H23N5O3/c1-14-11-17(24(26)27)18(20-12-14)23-10-6-5-9-16(23)13-21-19(25)22-15-7-3-2-4-8-15/h2-4,7-8,11-12,16H,5-6,9-10,13H2,1H3,(H2,21,22,25). The second-order valence-corrected chi connectivity index (χ2v) is 6.66. The van der Waals surface area contributed by atoms with Crippen molar-refractivity contribution >= 4 is 23.2 Å². The number of pyridine rings is 1. The number of para-hydroxylation sites is 1. The molecule has 0 saturated carbocycles. The molecule has 0 bridgehead atoms. The average Bonchev–Trinajstić information content (AvgIpc) is 2.67. The zero-order valence-corrected chi connectivity index (χ0v) is 15.2. The molecule has 1 aromatic heterocycles. The maximum absolute atomic E-state index is 12.2. The highest BCUT2D eigenvalue weighted by Gasteiger charge is 2.29. The van der Waals surface area contributed by atoms with Crippen molar-refractivity contribution in [3.63, 3.8) is 0 Å². The van der Waals surface area contributed by atoms with E-state index in [0.717, 1.165) is 24.8 Å². The van der Waals surface area contributed by atoms with Crippen LogP contribution in [-0.4, -0.2) is 35.1 Å². The van der Waals surface area contributed by atoms with Gasteiger partial charge in [-0.15, -0.1) is 0 Å². The van der Waals surface area contributed by atoms with Crippen molar-refractivity contribution in [3.05, 3.63) is 58.3 Å². The fraction of sp³-hybridized carbons (Fsp3) is 0.368. The normalized spacial score (nSPS) is 16.6. The summed E-state index contributed by atoms with van der Waals surface area (Å²) in [6.07, 6.45) is 4.45. The van der Waals surface area contributed by atoms with Crippen molar-refractivity contribution in [1.82, 2.24) is 10.3 Å². The molecule has 1 unspecified atom stereocenters. The lowest BCUT2D eigenvalue weighted by Gasteiger charge is -2.36. The molecule has 2 amide bonds. The van der Waals surface area contributed by atoms with Gasteiger partial charge in [-0.1, -0.05) is 18.2 Å². The van der Waals surface area contributed by atoms with Crippen molar-refractivity contribution in [2.24, 2.45) is 0 Å². The molecule has 3 rings (SSSR count). The Morgan fingerprint density at radius 3 is 2.85 bits per heavy atom. The quantitative estimate of drug-likeness (QED) is 0.621. The molecule has 1 aliphatic rings. The van der Waals surface area contributed by atoms with E-state index in [2.05, 4.69) is 15.6 Å². The van der Waals surface area contributed by atoms with Gasteiger partial charge in [0.1, 0.15) is 0 Å². The number of anilines is 2. The molecule has 8 nitrogen and oxygen atoms in total. The number of urea groups is 1. The molecule has 8 heteroatoms. The molecule has 2 N–H and O–H groups in total. The Morgan fingerprint density at radius 1 is 1.33 bits per heavy atom. The SMILES string of the molecule is Cc1cnc(N2CCCCC2CNC(=O)Nc2ccccc2)c([N+](=O)[O-])c1. The highest BCUT2D eigenvalue weighted by atomic mass is 16.6. The number of benzene rings is 1. The molecule has 0 aliphatic carbocycles. The lowest BCUT2D eigenvalue weighted by atomic mass is 10.0. The number of rotatable bonds is 5. The number of nitrogens with zero attached hydrogens (tertiary/aromatic N) is 3. The van der Waals surface area contributed by atoms with Gasteiger partial charge in [-0.3, -0.25) is 10.1 Å². The van der Waals surface area contributed by atoms with Gasteiger partial charge in [0.25, 0.3) is 0 Å². The second-order valence-electron chi connectivity index (χ2n) is 6.66. The van der Waals surface area contributed by atoms with Crippen LogP contribution in [0, 0.1) is 17.0 Å². The van der Waals surface area contributed by atoms with Crippen molar-refractivity contribution in [3.8, 4) is 0 Å². The zero-order chi connectivity index (χ0) is 19.2. The summed E-state index contributed by atoms with van der Waals surface area (Å²) in [6.45, 7) is 2.86. The summed E-state index contributed by atoms with van der Waals surface area (Å²) in [7, 11) is 0. The van der Waals surface area contributed by atoms with Gasteiger partial charge in [0, 0.05) is 37.1 Å². The molecule has 2 heterocycles. The maximum Gasteiger partial charge on any atom is 0.319 e. The van der Waals surface area contributed by atoms with E-state index in [1.54, 1.807) is 19.2 Å². The van der Waals surface area contributed by atoms with Gasteiger partial charge in [0.15, 0.2) is 0 Å². The molecular weight excluding hydrogens is 346 g/mol. The van der Waals surface area contributed by atoms with Crippen LogP contribution in [0.5, 0.6) is 0 Å². The molecule has 1 saturated heterocycles. The van der Waals surface area contributed by atoms with Crippen LogP contribution in [0.1, 0.15) is 24.8 Å². The van der Waals surface area contributed by atoms with Crippen molar-refractivity contribution in [1.29, 1.82) is 0 Å². The van der Waals surface area contributed by atoms with Gasteiger partial charge >= 0.3 is 11.7 Å². The summed E-state index contributed by atoms with van der Waals surface area (Å²) in [5.74, 6) is 0.376. The van der Waals surface area contributed by atoms with E-state index in [0.29, 0.717) is 24.6 Å². The number of nitrogens with one attached hydrogen (secondary N) is 2. The summed E-state index contributed by atoms with van der Waals surface area (Å²) < 4.78 is 0. The van der Waals surface area contributed by atoms with Crippen molar-refractivity contribution < 1.29 is 9.72 Å². The van der Waals surface area contributed by atoms with Crippen LogP contribution < -0.4 is 15.5 Å². The Balaban J connectivity index is 1.69. The molecule has 1 aromatic carbocycles. The first-order valence-corrected chi connectivity index (χ1v) is 9.02. The number of carbonyl (C=O) groups excluding carboxylic acids is 1. The molecule has 27 heavy (non-hydrogen) atoms. The topological polar surface area (TPSA) is 100 Å². The van der Waals surface area contributed by atoms with Gasteiger partial charge < -0.3 is 15.5 Å². The number of amides is 2. The molecule has 0 spiro atoms. The molecule has 142 valence electrons. The van der Waals surface area contributed by atoms with Gasteiger partial charge in [-0.25, -0.2) is 9.78 Å². The third-order valence-corrected chi connectivity index (χ3v) is 4.61. The third kappa shape index (κ3) is 4.72. The molecule has 0 radical (unpaired) electrons.